The highest BCUT2D eigenvalue weighted by molar-refractivity contribution is 5.14. The van der Waals surface area contributed by atoms with Gasteiger partial charge in [0.1, 0.15) is 11.8 Å². The fourth-order valence-corrected chi connectivity index (χ4v) is 0.763. The van der Waals surface area contributed by atoms with Crippen LogP contribution in [-0.2, 0) is 0 Å². The van der Waals surface area contributed by atoms with Gasteiger partial charge in [0.25, 0.3) is 0 Å². The maximum absolute atomic E-state index is 5.20. The molecule has 1 aromatic heterocycles. The standard InChI is InChI=1S/C8H9NO/c1-3-7(9-2)8-5-4-6-10-8/h1,4-7,9H,2H3. The van der Waals surface area contributed by atoms with Gasteiger partial charge in [-0.15, -0.1) is 6.42 Å². The van der Waals surface area contributed by atoms with E-state index in [1.54, 1.807) is 13.3 Å². The van der Waals surface area contributed by atoms with Crippen LogP contribution in [0.25, 0.3) is 0 Å². The summed E-state index contributed by atoms with van der Waals surface area (Å²) in [4.78, 5) is 0. The molecule has 0 radical (unpaired) electrons. The van der Waals surface area contributed by atoms with Gasteiger partial charge in [0.05, 0.1) is 6.26 Å². The summed E-state index contributed by atoms with van der Waals surface area (Å²) in [6.07, 6.45) is 6.81. The summed E-state index contributed by atoms with van der Waals surface area (Å²) in [7, 11) is 1.80. The molecule has 0 amide bonds. The second-order valence-electron chi connectivity index (χ2n) is 1.90. The maximum atomic E-state index is 5.20. The summed E-state index contributed by atoms with van der Waals surface area (Å²) < 4.78 is 5.07. The first-order valence-electron chi connectivity index (χ1n) is 3.05. The van der Waals surface area contributed by atoms with E-state index in [1.165, 1.54) is 0 Å². The normalized spacial score (nSPS) is 12.4. The molecule has 0 aliphatic carbocycles. The highest BCUT2D eigenvalue weighted by Gasteiger charge is 2.05. The molecule has 0 spiro atoms. The van der Waals surface area contributed by atoms with Crippen molar-refractivity contribution in [2.24, 2.45) is 0 Å². The van der Waals surface area contributed by atoms with Crippen LogP contribution in [0.5, 0.6) is 0 Å². The van der Waals surface area contributed by atoms with Crippen LogP contribution in [0.4, 0.5) is 0 Å². The van der Waals surface area contributed by atoms with Crippen LogP contribution in [0, 0.1) is 12.3 Å². The third-order valence-electron chi connectivity index (χ3n) is 1.28. The highest BCUT2D eigenvalue weighted by atomic mass is 16.3. The molecule has 1 unspecified atom stereocenters. The monoisotopic (exact) mass is 135 g/mol. The second kappa shape index (κ2) is 3.09. The molecular weight excluding hydrogens is 126 g/mol. The van der Waals surface area contributed by atoms with E-state index in [-0.39, 0.29) is 6.04 Å². The van der Waals surface area contributed by atoms with E-state index >= 15 is 0 Å². The molecule has 52 valence electrons. The Balaban J connectivity index is 2.76. The minimum absolute atomic E-state index is 0.102. The number of hydrogen-bond donors (Lipinski definition) is 1. The first-order chi connectivity index (χ1) is 4.88. The van der Waals surface area contributed by atoms with Crippen molar-refractivity contribution in [3.63, 3.8) is 0 Å². The zero-order valence-electron chi connectivity index (χ0n) is 5.79. The zero-order valence-corrected chi connectivity index (χ0v) is 5.79. The van der Waals surface area contributed by atoms with E-state index < -0.39 is 0 Å². The highest BCUT2D eigenvalue weighted by Crippen LogP contribution is 2.10. The number of nitrogens with one attached hydrogen (secondary N) is 1. The first kappa shape index (κ1) is 6.91. The van der Waals surface area contributed by atoms with Crippen molar-refractivity contribution < 1.29 is 4.42 Å². The number of rotatable bonds is 2. The average Bonchev–Trinajstić information content (AvgIpc) is 2.43. The Labute approximate surface area is 60.2 Å². The molecule has 0 aliphatic heterocycles. The van der Waals surface area contributed by atoms with Crippen molar-refractivity contribution in [3.8, 4) is 12.3 Å². The predicted molar refractivity (Wildman–Crippen MR) is 39.3 cm³/mol. The molecule has 2 heteroatoms. The Kier molecular flexibility index (Phi) is 2.14. The Hall–Kier alpha value is -1.20. The van der Waals surface area contributed by atoms with Gasteiger partial charge in [-0.3, -0.25) is 0 Å². The summed E-state index contributed by atoms with van der Waals surface area (Å²) in [5.41, 5.74) is 0. The van der Waals surface area contributed by atoms with Gasteiger partial charge in [0.15, 0.2) is 0 Å². The molecule has 10 heavy (non-hydrogen) atoms. The molecule has 1 heterocycles. The molecule has 1 aromatic rings. The van der Waals surface area contributed by atoms with Crippen LogP contribution >= 0.6 is 0 Å². The Morgan fingerprint density at radius 3 is 3.00 bits per heavy atom. The lowest BCUT2D eigenvalue weighted by molar-refractivity contribution is 0.475. The molecule has 0 saturated carbocycles. The molecule has 0 fully saturated rings. The van der Waals surface area contributed by atoms with E-state index in [1.807, 2.05) is 12.1 Å². The minimum Gasteiger partial charge on any atom is -0.467 e. The van der Waals surface area contributed by atoms with Crippen molar-refractivity contribution in [1.82, 2.24) is 5.32 Å². The van der Waals surface area contributed by atoms with Gasteiger partial charge in [-0.1, -0.05) is 5.92 Å². The third kappa shape index (κ3) is 1.20. The lowest BCUT2D eigenvalue weighted by Gasteiger charge is -2.03. The largest absolute Gasteiger partial charge is 0.467 e. The first-order valence-corrected chi connectivity index (χ1v) is 3.05. The summed E-state index contributed by atoms with van der Waals surface area (Å²) in [6.45, 7) is 0. The molecule has 0 aromatic carbocycles. The summed E-state index contributed by atoms with van der Waals surface area (Å²) >= 11 is 0. The predicted octanol–water partition coefficient (Wildman–Crippen LogP) is 1.17. The Morgan fingerprint density at radius 1 is 1.80 bits per heavy atom. The van der Waals surface area contributed by atoms with Crippen LogP contribution in [0.2, 0.25) is 0 Å². The molecule has 1 atom stereocenters. The summed E-state index contributed by atoms with van der Waals surface area (Å²) in [5, 5.41) is 2.92. The Bertz CT molecular complexity index is 220. The molecule has 0 saturated heterocycles. The fraction of sp³-hybridized carbons (Fsp3) is 0.250. The van der Waals surface area contributed by atoms with Gasteiger partial charge in [-0.05, 0) is 19.2 Å². The average molecular weight is 135 g/mol. The van der Waals surface area contributed by atoms with Crippen molar-refractivity contribution in [3.05, 3.63) is 24.2 Å². The van der Waals surface area contributed by atoms with E-state index in [0.29, 0.717) is 0 Å². The van der Waals surface area contributed by atoms with Crippen LogP contribution in [0.3, 0.4) is 0 Å². The molecule has 0 bridgehead atoms. The third-order valence-corrected chi connectivity index (χ3v) is 1.28. The van der Waals surface area contributed by atoms with Gasteiger partial charge in [0.2, 0.25) is 0 Å². The SMILES string of the molecule is C#CC(NC)c1ccco1. The molecule has 1 rings (SSSR count). The van der Waals surface area contributed by atoms with Crippen LogP contribution in [0.1, 0.15) is 11.8 Å². The number of terminal acetylenes is 1. The summed E-state index contributed by atoms with van der Waals surface area (Å²) in [6, 6.07) is 3.56. The smallest absolute Gasteiger partial charge is 0.132 e. The maximum Gasteiger partial charge on any atom is 0.132 e. The number of hydrogen-bond acceptors (Lipinski definition) is 2. The summed E-state index contributed by atoms with van der Waals surface area (Å²) in [5.74, 6) is 3.33. The Morgan fingerprint density at radius 2 is 2.60 bits per heavy atom. The van der Waals surface area contributed by atoms with E-state index in [2.05, 4.69) is 11.2 Å². The van der Waals surface area contributed by atoms with Gasteiger partial charge in [-0.25, -0.2) is 0 Å². The van der Waals surface area contributed by atoms with Crippen LogP contribution < -0.4 is 5.32 Å². The second-order valence-corrected chi connectivity index (χ2v) is 1.90. The molecule has 1 N–H and O–H groups in total. The van der Waals surface area contributed by atoms with Crippen molar-refractivity contribution in [1.29, 1.82) is 0 Å². The van der Waals surface area contributed by atoms with Crippen LogP contribution in [-0.4, -0.2) is 7.05 Å². The van der Waals surface area contributed by atoms with Crippen molar-refractivity contribution >= 4 is 0 Å². The lowest BCUT2D eigenvalue weighted by Crippen LogP contribution is -2.12. The molecule has 0 aliphatic rings. The van der Waals surface area contributed by atoms with Crippen LogP contribution in [0.15, 0.2) is 22.8 Å². The minimum atomic E-state index is -0.102. The van der Waals surface area contributed by atoms with Gasteiger partial charge in [-0.2, -0.15) is 0 Å². The molecule has 2 nitrogen and oxygen atoms in total. The zero-order chi connectivity index (χ0) is 7.40. The quantitative estimate of drug-likeness (QED) is 0.616. The van der Waals surface area contributed by atoms with E-state index in [0.717, 1.165) is 5.76 Å². The fourth-order valence-electron chi connectivity index (χ4n) is 0.763. The number of furan rings is 1. The van der Waals surface area contributed by atoms with E-state index in [4.69, 9.17) is 10.8 Å². The van der Waals surface area contributed by atoms with E-state index in [9.17, 15) is 0 Å². The molecular formula is C8H9NO. The topological polar surface area (TPSA) is 25.2 Å². The van der Waals surface area contributed by atoms with Gasteiger partial charge < -0.3 is 9.73 Å². The lowest BCUT2D eigenvalue weighted by atomic mass is 10.2. The van der Waals surface area contributed by atoms with Crippen molar-refractivity contribution in [2.45, 2.75) is 6.04 Å². The van der Waals surface area contributed by atoms with Gasteiger partial charge in [0, 0.05) is 0 Å². The van der Waals surface area contributed by atoms with Gasteiger partial charge >= 0.3 is 0 Å². The van der Waals surface area contributed by atoms with Crippen molar-refractivity contribution in [2.75, 3.05) is 7.05 Å².